The van der Waals surface area contributed by atoms with Crippen molar-refractivity contribution in [2.75, 3.05) is 0 Å². The van der Waals surface area contributed by atoms with Gasteiger partial charge in [0.25, 0.3) is 0 Å². The van der Waals surface area contributed by atoms with Crippen LogP contribution in [0.2, 0.25) is 0 Å². The van der Waals surface area contributed by atoms with Gasteiger partial charge in [0.1, 0.15) is 0 Å². The van der Waals surface area contributed by atoms with Crippen molar-refractivity contribution < 1.29 is 28.3 Å². The van der Waals surface area contributed by atoms with E-state index in [9.17, 15) is 8.78 Å². The molecule has 5 heteroatoms. The van der Waals surface area contributed by atoms with Crippen LogP contribution >= 0.6 is 0 Å². The van der Waals surface area contributed by atoms with Gasteiger partial charge in [-0.15, -0.1) is 17.7 Å². The zero-order valence-electron chi connectivity index (χ0n) is 14.7. The number of pyridine rings is 1. The van der Waals surface area contributed by atoms with Crippen LogP contribution in [0.5, 0.6) is 0 Å². The standard InChI is InChI=1S/C22H19F2N2.Ru/c1-25-22-18(23)3-2-17(21(22)24)19-11-14(4-5-26-19)20-15-7-12-6-13(9-15)10-16(20)8-12;/h3-5,11-13,15-16,20H,6-10H2;/q-1;+1. The Morgan fingerprint density at radius 3 is 2.37 bits per heavy atom. The molecule has 2 aromatic rings. The smallest absolute Gasteiger partial charge is 0.305 e. The summed E-state index contributed by atoms with van der Waals surface area (Å²) in [6, 6.07) is 7.65. The van der Waals surface area contributed by atoms with Crippen LogP contribution in [-0.2, 0) is 19.5 Å². The van der Waals surface area contributed by atoms with Crippen molar-refractivity contribution in [2.45, 2.75) is 38.0 Å². The van der Waals surface area contributed by atoms with Gasteiger partial charge in [0.2, 0.25) is 0 Å². The Bertz CT molecular complexity index is 893. The van der Waals surface area contributed by atoms with Gasteiger partial charge in [0.15, 0.2) is 5.69 Å². The molecule has 0 unspecified atom stereocenters. The van der Waals surface area contributed by atoms with E-state index in [-0.39, 0.29) is 25.0 Å². The molecule has 4 aliphatic rings. The summed E-state index contributed by atoms with van der Waals surface area (Å²) in [5.41, 5.74) is 1.16. The minimum absolute atomic E-state index is 0. The summed E-state index contributed by atoms with van der Waals surface area (Å²) in [4.78, 5) is 7.27. The van der Waals surface area contributed by atoms with Gasteiger partial charge in [-0.3, -0.25) is 13.6 Å². The maximum Gasteiger partial charge on any atom is 1.00 e. The molecule has 4 saturated carbocycles. The van der Waals surface area contributed by atoms with E-state index in [0.717, 1.165) is 29.7 Å². The van der Waals surface area contributed by atoms with Crippen LogP contribution in [0.1, 0.15) is 43.6 Å². The predicted octanol–water partition coefficient (Wildman–Crippen LogP) is 5.91. The van der Waals surface area contributed by atoms with Crippen molar-refractivity contribution in [1.82, 2.24) is 4.98 Å². The van der Waals surface area contributed by atoms with Gasteiger partial charge in [0.05, 0.1) is 6.57 Å². The van der Waals surface area contributed by atoms with E-state index in [0.29, 0.717) is 11.6 Å². The van der Waals surface area contributed by atoms with Gasteiger partial charge < -0.3 is 4.98 Å². The van der Waals surface area contributed by atoms with E-state index < -0.39 is 17.3 Å². The van der Waals surface area contributed by atoms with Crippen LogP contribution in [-0.4, -0.2) is 4.98 Å². The molecule has 0 aliphatic heterocycles. The molecule has 2 nitrogen and oxygen atoms in total. The van der Waals surface area contributed by atoms with Crippen LogP contribution in [0.4, 0.5) is 14.5 Å². The fraction of sp³-hybridized carbons (Fsp3) is 0.455. The zero-order valence-corrected chi connectivity index (χ0v) is 16.5. The second-order valence-corrected chi connectivity index (χ2v) is 8.22. The second-order valence-electron chi connectivity index (χ2n) is 8.22. The van der Waals surface area contributed by atoms with E-state index >= 15 is 0 Å². The van der Waals surface area contributed by atoms with Crippen LogP contribution in [0.25, 0.3) is 16.1 Å². The van der Waals surface area contributed by atoms with Crippen molar-refractivity contribution in [2.24, 2.45) is 23.7 Å². The van der Waals surface area contributed by atoms with Gasteiger partial charge in [-0.05, 0) is 79.0 Å². The molecule has 4 fully saturated rings. The second kappa shape index (κ2) is 7.06. The Morgan fingerprint density at radius 2 is 1.74 bits per heavy atom. The Hall–Kier alpha value is -1.66. The molecule has 1 radical (unpaired) electrons. The molecule has 0 spiro atoms. The monoisotopic (exact) mass is 451 g/mol. The molecule has 0 amide bonds. The summed E-state index contributed by atoms with van der Waals surface area (Å²) in [5.74, 6) is 2.03. The van der Waals surface area contributed by atoms with E-state index in [1.54, 1.807) is 6.20 Å². The van der Waals surface area contributed by atoms with Crippen LogP contribution in [0.15, 0.2) is 24.4 Å². The number of aromatic nitrogens is 1. The van der Waals surface area contributed by atoms with Gasteiger partial charge in [0, 0.05) is 17.8 Å². The molecule has 1 aromatic carbocycles. The van der Waals surface area contributed by atoms with Crippen molar-refractivity contribution >= 4 is 5.69 Å². The van der Waals surface area contributed by atoms with Gasteiger partial charge in [-0.25, -0.2) is 0 Å². The first-order chi connectivity index (χ1) is 12.6. The fourth-order valence-electron chi connectivity index (χ4n) is 6.04. The molecule has 27 heavy (non-hydrogen) atoms. The van der Waals surface area contributed by atoms with Crippen molar-refractivity contribution in [1.29, 1.82) is 0 Å². The molecule has 1 heterocycles. The third-order valence-electron chi connectivity index (χ3n) is 6.76. The molecule has 6 rings (SSSR count). The van der Waals surface area contributed by atoms with Crippen molar-refractivity contribution in [3.05, 3.63) is 59.1 Å². The van der Waals surface area contributed by atoms with E-state index in [4.69, 9.17) is 6.57 Å². The number of halogens is 2. The number of hydrogen-bond donors (Lipinski definition) is 0. The minimum Gasteiger partial charge on any atom is -0.305 e. The van der Waals surface area contributed by atoms with E-state index in [2.05, 4.69) is 15.9 Å². The molecule has 4 bridgehead atoms. The molecule has 4 aliphatic carbocycles. The normalized spacial score (nSPS) is 30.6. The van der Waals surface area contributed by atoms with Crippen LogP contribution < -0.4 is 0 Å². The molecule has 139 valence electrons. The Labute approximate surface area is 171 Å². The number of nitrogens with zero attached hydrogens (tertiary/aromatic N) is 2. The maximum absolute atomic E-state index is 14.6. The molecule has 0 saturated heterocycles. The summed E-state index contributed by atoms with van der Waals surface area (Å²) < 4.78 is 28.2. The van der Waals surface area contributed by atoms with Crippen LogP contribution in [0.3, 0.4) is 0 Å². The number of benzene rings is 1. The molecular weight excluding hydrogens is 431 g/mol. The first-order valence-corrected chi connectivity index (χ1v) is 9.37. The summed E-state index contributed by atoms with van der Waals surface area (Å²) in [6.45, 7) is 7.01. The quantitative estimate of drug-likeness (QED) is 0.410. The number of rotatable bonds is 2. The first-order valence-electron chi connectivity index (χ1n) is 9.37. The largest absolute Gasteiger partial charge is 1.00 e. The SMILES string of the molecule is [C-]#[N+]c1c(F)c[c-]c(-c2cc(C3C4CC5CC(C4)CC3C5)ccn2)c1F.[Ru+]. The Morgan fingerprint density at radius 1 is 1.07 bits per heavy atom. The Kier molecular flexibility index (Phi) is 4.89. The third-order valence-corrected chi connectivity index (χ3v) is 6.76. The van der Waals surface area contributed by atoms with Gasteiger partial charge in [-0.1, -0.05) is 6.07 Å². The van der Waals surface area contributed by atoms with Gasteiger partial charge in [-0.2, -0.15) is 0 Å². The Balaban J connectivity index is 0.00000180. The average Bonchev–Trinajstić information content (AvgIpc) is 2.61. The third kappa shape index (κ3) is 3.03. The molecular formula is C22H19F2N2Ru. The maximum atomic E-state index is 14.6. The fourth-order valence-corrected chi connectivity index (χ4v) is 6.04. The first kappa shape index (κ1) is 18.7. The van der Waals surface area contributed by atoms with Crippen LogP contribution in [0, 0.1) is 47.9 Å². The molecule has 0 N–H and O–H groups in total. The summed E-state index contributed by atoms with van der Waals surface area (Å²) >= 11 is 0. The van der Waals surface area contributed by atoms with Crippen molar-refractivity contribution in [3.63, 3.8) is 0 Å². The van der Waals surface area contributed by atoms with Crippen molar-refractivity contribution in [3.8, 4) is 11.3 Å². The predicted molar refractivity (Wildman–Crippen MR) is 94.5 cm³/mol. The zero-order chi connectivity index (χ0) is 17.8. The van der Waals surface area contributed by atoms with Gasteiger partial charge >= 0.3 is 19.5 Å². The van der Waals surface area contributed by atoms with E-state index in [1.165, 1.54) is 37.7 Å². The molecule has 1 aromatic heterocycles. The summed E-state index contributed by atoms with van der Waals surface area (Å²) in [7, 11) is 0. The summed E-state index contributed by atoms with van der Waals surface area (Å²) in [6.07, 6.45) is 8.38. The average molecular weight is 450 g/mol. The summed E-state index contributed by atoms with van der Waals surface area (Å²) in [5, 5.41) is 0. The van der Waals surface area contributed by atoms with E-state index in [1.807, 2.05) is 12.1 Å². The minimum atomic E-state index is -0.876. The molecule has 0 atom stereocenters. The number of hydrogen-bond acceptors (Lipinski definition) is 1. The topological polar surface area (TPSA) is 17.2 Å².